The monoisotopic (exact) mass is 421 g/mol. The first-order valence-corrected chi connectivity index (χ1v) is 10.2. The molecule has 0 amide bonds. The molecule has 0 unspecified atom stereocenters. The van der Waals surface area contributed by atoms with Gasteiger partial charge in [-0.25, -0.2) is 9.97 Å². The number of aldehydes is 1. The zero-order valence-corrected chi connectivity index (χ0v) is 17.3. The highest BCUT2D eigenvalue weighted by Crippen LogP contribution is 2.26. The van der Waals surface area contributed by atoms with E-state index < -0.39 is 0 Å². The highest BCUT2D eigenvalue weighted by molar-refractivity contribution is 5.98. The minimum absolute atomic E-state index is 0.245. The number of hydrogen-bond donors (Lipinski definition) is 1. The Kier molecular flexibility index (Phi) is 4.91. The van der Waals surface area contributed by atoms with Crippen molar-refractivity contribution >= 4 is 33.9 Å². The van der Waals surface area contributed by atoms with Gasteiger partial charge in [0.25, 0.3) is 5.56 Å². The van der Waals surface area contributed by atoms with Crippen molar-refractivity contribution in [2.45, 2.75) is 13.0 Å². The largest absolute Gasteiger partial charge is 0.360 e. The molecular formula is C25H19N5O2. The molecule has 0 radical (unpaired) electrons. The van der Waals surface area contributed by atoms with E-state index in [4.69, 9.17) is 0 Å². The second-order valence-electron chi connectivity index (χ2n) is 7.43. The summed E-state index contributed by atoms with van der Waals surface area (Å²) in [5, 5.41) is 4.50. The van der Waals surface area contributed by atoms with Crippen LogP contribution in [0.2, 0.25) is 0 Å². The maximum atomic E-state index is 13.6. The summed E-state index contributed by atoms with van der Waals surface area (Å²) in [4.78, 5) is 38.3. The van der Waals surface area contributed by atoms with Crippen LogP contribution in [0, 0.1) is 0 Å². The van der Waals surface area contributed by atoms with Crippen molar-refractivity contribution in [2.75, 3.05) is 5.32 Å². The standard InChI is InChI=1S/C25H19N5O2/c1-16(29-24-23-20(27-15-28-24)11-6-12-26-23)21-13-17-7-5-8-18(14-31)22(17)25(32)30(21)19-9-3-2-4-10-19/h2-16H,1H3,(H,27,28,29)/t16-/m0/s1. The molecular weight excluding hydrogens is 402 g/mol. The fourth-order valence-electron chi connectivity index (χ4n) is 3.95. The average molecular weight is 421 g/mol. The number of rotatable bonds is 5. The first kappa shape index (κ1) is 19.6. The van der Waals surface area contributed by atoms with E-state index in [9.17, 15) is 9.59 Å². The third-order valence-electron chi connectivity index (χ3n) is 5.44. The summed E-state index contributed by atoms with van der Waals surface area (Å²) in [6.07, 6.45) is 3.90. The number of nitrogens with zero attached hydrogens (tertiary/aromatic N) is 4. The lowest BCUT2D eigenvalue weighted by Gasteiger charge is -2.22. The van der Waals surface area contributed by atoms with Gasteiger partial charge in [0, 0.05) is 23.1 Å². The lowest BCUT2D eigenvalue weighted by atomic mass is 10.0. The number of anilines is 1. The molecule has 2 aromatic carbocycles. The topological polar surface area (TPSA) is 89.8 Å². The van der Waals surface area contributed by atoms with Crippen LogP contribution in [0.1, 0.15) is 29.0 Å². The van der Waals surface area contributed by atoms with Gasteiger partial charge < -0.3 is 5.32 Å². The summed E-state index contributed by atoms with van der Waals surface area (Å²) in [6, 6.07) is 20.0. The first-order valence-electron chi connectivity index (χ1n) is 10.2. The van der Waals surface area contributed by atoms with Gasteiger partial charge in [0.15, 0.2) is 12.1 Å². The zero-order valence-electron chi connectivity index (χ0n) is 17.3. The van der Waals surface area contributed by atoms with E-state index in [1.165, 1.54) is 6.33 Å². The molecule has 5 rings (SSSR count). The van der Waals surface area contributed by atoms with Crippen LogP contribution in [0.25, 0.3) is 27.5 Å². The van der Waals surface area contributed by atoms with Crippen LogP contribution in [0.4, 0.5) is 5.82 Å². The number of carbonyl (C=O) groups is 1. The zero-order chi connectivity index (χ0) is 22.1. The molecule has 3 aromatic heterocycles. The molecule has 0 fully saturated rings. The van der Waals surface area contributed by atoms with Gasteiger partial charge in [-0.1, -0.05) is 36.4 Å². The Morgan fingerprint density at radius 2 is 1.81 bits per heavy atom. The Bertz CT molecular complexity index is 1510. The number of hydrogen-bond acceptors (Lipinski definition) is 6. The lowest BCUT2D eigenvalue weighted by Crippen LogP contribution is -2.26. The van der Waals surface area contributed by atoms with Crippen LogP contribution in [-0.4, -0.2) is 25.8 Å². The summed E-state index contributed by atoms with van der Waals surface area (Å²) in [7, 11) is 0. The molecule has 0 saturated carbocycles. The van der Waals surface area contributed by atoms with Gasteiger partial charge >= 0.3 is 0 Å². The fourth-order valence-corrected chi connectivity index (χ4v) is 3.95. The predicted octanol–water partition coefficient (Wildman–Crippen LogP) is 4.31. The summed E-state index contributed by atoms with van der Waals surface area (Å²) >= 11 is 0. The average Bonchev–Trinajstić information content (AvgIpc) is 2.84. The number of benzene rings is 2. The molecule has 7 nitrogen and oxygen atoms in total. The molecule has 0 aliphatic heterocycles. The number of para-hydroxylation sites is 1. The second kappa shape index (κ2) is 8.03. The van der Waals surface area contributed by atoms with E-state index in [0.29, 0.717) is 27.7 Å². The molecule has 156 valence electrons. The molecule has 32 heavy (non-hydrogen) atoms. The fraction of sp³-hybridized carbons (Fsp3) is 0.0800. The lowest BCUT2D eigenvalue weighted by molar-refractivity contribution is 0.112. The maximum Gasteiger partial charge on any atom is 0.263 e. The molecule has 1 atom stereocenters. The maximum absolute atomic E-state index is 13.6. The van der Waals surface area contributed by atoms with E-state index in [1.807, 2.05) is 61.5 Å². The number of carbonyl (C=O) groups excluding carboxylic acids is 1. The molecule has 0 spiro atoms. The van der Waals surface area contributed by atoms with Crippen molar-refractivity contribution in [3.05, 3.63) is 101 Å². The van der Waals surface area contributed by atoms with Crippen molar-refractivity contribution in [3.63, 3.8) is 0 Å². The second-order valence-corrected chi connectivity index (χ2v) is 7.43. The van der Waals surface area contributed by atoms with E-state index in [1.54, 1.807) is 22.9 Å². The SMILES string of the molecule is C[C@H](Nc1ncnc2cccnc12)c1cc2cccc(C=O)c2c(=O)n1-c1ccccc1. The van der Waals surface area contributed by atoms with Crippen molar-refractivity contribution < 1.29 is 4.79 Å². The van der Waals surface area contributed by atoms with Gasteiger partial charge in [-0.15, -0.1) is 0 Å². The number of pyridine rings is 2. The molecule has 3 heterocycles. The Hall–Kier alpha value is -4.39. The van der Waals surface area contributed by atoms with Crippen LogP contribution in [0.15, 0.2) is 84.0 Å². The number of fused-ring (bicyclic) bond motifs is 2. The molecule has 1 N–H and O–H groups in total. The van der Waals surface area contributed by atoms with Crippen molar-refractivity contribution in [3.8, 4) is 5.69 Å². The third-order valence-corrected chi connectivity index (χ3v) is 5.44. The Balaban J connectivity index is 1.72. The van der Waals surface area contributed by atoms with Gasteiger partial charge in [-0.05, 0) is 42.6 Å². The van der Waals surface area contributed by atoms with Gasteiger partial charge in [0.05, 0.1) is 16.9 Å². The number of aromatic nitrogens is 4. The van der Waals surface area contributed by atoms with E-state index >= 15 is 0 Å². The van der Waals surface area contributed by atoms with Crippen molar-refractivity contribution in [1.82, 2.24) is 19.5 Å². The molecule has 5 aromatic rings. The Morgan fingerprint density at radius 3 is 2.62 bits per heavy atom. The normalized spacial score (nSPS) is 12.0. The van der Waals surface area contributed by atoms with Gasteiger partial charge in [0.1, 0.15) is 11.8 Å². The molecule has 0 saturated heterocycles. The van der Waals surface area contributed by atoms with E-state index in [2.05, 4.69) is 20.3 Å². The highest BCUT2D eigenvalue weighted by Gasteiger charge is 2.19. The number of nitrogens with one attached hydrogen (secondary N) is 1. The van der Waals surface area contributed by atoms with E-state index in [-0.39, 0.29) is 11.6 Å². The molecule has 0 aliphatic carbocycles. The van der Waals surface area contributed by atoms with Gasteiger partial charge in [-0.2, -0.15) is 0 Å². The first-order chi connectivity index (χ1) is 15.7. The minimum Gasteiger partial charge on any atom is -0.360 e. The third kappa shape index (κ3) is 3.30. The molecule has 7 heteroatoms. The van der Waals surface area contributed by atoms with E-state index in [0.717, 1.165) is 23.2 Å². The van der Waals surface area contributed by atoms with Crippen LogP contribution in [0.5, 0.6) is 0 Å². The van der Waals surface area contributed by atoms with Crippen LogP contribution in [0.3, 0.4) is 0 Å². The smallest absolute Gasteiger partial charge is 0.263 e. The molecule has 0 bridgehead atoms. The molecule has 0 aliphatic rings. The van der Waals surface area contributed by atoms with Crippen molar-refractivity contribution in [2.24, 2.45) is 0 Å². The van der Waals surface area contributed by atoms with Crippen LogP contribution in [-0.2, 0) is 0 Å². The summed E-state index contributed by atoms with van der Waals surface area (Å²) in [5.41, 5.74) is 2.96. The summed E-state index contributed by atoms with van der Waals surface area (Å²) in [6.45, 7) is 1.96. The summed E-state index contributed by atoms with van der Waals surface area (Å²) in [5.74, 6) is 0.580. The minimum atomic E-state index is -0.299. The predicted molar refractivity (Wildman–Crippen MR) is 124 cm³/mol. The Morgan fingerprint density at radius 1 is 0.969 bits per heavy atom. The van der Waals surface area contributed by atoms with Crippen molar-refractivity contribution in [1.29, 1.82) is 0 Å². The highest BCUT2D eigenvalue weighted by atomic mass is 16.1. The van der Waals surface area contributed by atoms with Gasteiger partial charge in [-0.3, -0.25) is 19.1 Å². The quantitative estimate of drug-likeness (QED) is 0.425. The Labute approximate surface area is 183 Å². The van der Waals surface area contributed by atoms with Gasteiger partial charge in [0.2, 0.25) is 0 Å². The summed E-state index contributed by atoms with van der Waals surface area (Å²) < 4.78 is 1.64. The van der Waals surface area contributed by atoms with Crippen LogP contribution >= 0.6 is 0 Å². The van der Waals surface area contributed by atoms with Crippen LogP contribution < -0.4 is 10.9 Å².